The van der Waals surface area contributed by atoms with Crippen LogP contribution in [-0.2, 0) is 0 Å². The van der Waals surface area contributed by atoms with Gasteiger partial charge in [-0.3, -0.25) is 0 Å². The van der Waals surface area contributed by atoms with Crippen LogP contribution in [0.4, 0.5) is 17.1 Å². The molecule has 0 unspecified atom stereocenters. The minimum Gasteiger partial charge on any atom is -0.308 e. The average Bonchev–Trinajstić information content (AvgIpc) is 3.38. The van der Waals surface area contributed by atoms with E-state index in [0.717, 1.165) is 5.69 Å². The first-order valence-corrected chi connectivity index (χ1v) is 22.7. The van der Waals surface area contributed by atoms with Gasteiger partial charge in [-0.1, -0.05) is 200 Å². The fraction of sp³-hybridized carbons (Fsp3) is 0. The molecule has 65 heavy (non-hydrogen) atoms. The number of hydrogen-bond acceptors (Lipinski definition) is 1. The summed E-state index contributed by atoms with van der Waals surface area (Å²) in [5.41, 5.74) is 8.22. The Morgan fingerprint density at radius 2 is 0.585 bits per heavy atom. The van der Waals surface area contributed by atoms with Crippen LogP contribution in [0.5, 0.6) is 0 Å². The number of anilines is 3. The molecule has 298 valence electrons. The van der Waals surface area contributed by atoms with E-state index < -0.39 is 0 Å². The molecule has 0 spiro atoms. The summed E-state index contributed by atoms with van der Waals surface area (Å²) in [7, 11) is 0. The Bertz CT molecular complexity index is 4110. The van der Waals surface area contributed by atoms with E-state index in [4.69, 9.17) is 0 Å². The van der Waals surface area contributed by atoms with Gasteiger partial charge in [-0.05, 0) is 132 Å². The zero-order valence-electron chi connectivity index (χ0n) is 35.3. The molecule has 1 nitrogen and oxygen atoms in total. The molecule has 0 atom stereocenters. The maximum Gasteiger partial charge on any atom is 0.0619 e. The topological polar surface area (TPSA) is 3.24 Å². The fourth-order valence-corrected chi connectivity index (χ4v) is 11.9. The number of benzene rings is 16. The second-order valence-corrected chi connectivity index (χ2v) is 17.9. The van der Waals surface area contributed by atoms with E-state index in [1.54, 1.807) is 0 Å². The predicted octanol–water partition coefficient (Wildman–Crippen LogP) is 18.3. The molecule has 0 amide bonds. The molecule has 2 bridgehead atoms. The fourth-order valence-electron chi connectivity index (χ4n) is 11.9. The molecule has 0 N–H and O–H groups in total. The first-order valence-electron chi connectivity index (χ1n) is 22.7. The summed E-state index contributed by atoms with van der Waals surface area (Å²) >= 11 is 0. The zero-order chi connectivity index (χ0) is 42.3. The Hall–Kier alpha value is -8.52. The average molecular weight is 820 g/mol. The summed E-state index contributed by atoms with van der Waals surface area (Å²) < 4.78 is 0. The lowest BCUT2D eigenvalue weighted by Crippen LogP contribution is -2.14. The van der Waals surface area contributed by atoms with Crippen molar-refractivity contribution in [2.45, 2.75) is 0 Å². The second kappa shape index (κ2) is 13.0. The van der Waals surface area contributed by atoms with Crippen molar-refractivity contribution in [2.75, 3.05) is 4.90 Å². The lowest BCUT2D eigenvalue weighted by molar-refractivity contribution is 1.32. The molecular formula is C64H37N. The summed E-state index contributed by atoms with van der Waals surface area (Å²) in [6.45, 7) is 0. The Labute approximate surface area is 374 Å². The number of rotatable bonds is 5. The molecular weight excluding hydrogens is 783 g/mol. The van der Waals surface area contributed by atoms with E-state index in [-0.39, 0.29) is 0 Å². The maximum absolute atomic E-state index is 2.66. The van der Waals surface area contributed by atoms with Crippen LogP contribution >= 0.6 is 0 Å². The third-order valence-electron chi connectivity index (χ3n) is 14.6. The highest BCUT2D eigenvalue weighted by molar-refractivity contribution is 6.41. The van der Waals surface area contributed by atoms with Crippen LogP contribution in [0.1, 0.15) is 0 Å². The zero-order valence-corrected chi connectivity index (χ0v) is 35.3. The van der Waals surface area contributed by atoms with E-state index in [1.165, 1.54) is 141 Å². The van der Waals surface area contributed by atoms with Gasteiger partial charge in [0.25, 0.3) is 0 Å². The summed E-state index contributed by atoms with van der Waals surface area (Å²) in [6.07, 6.45) is 0. The Kier molecular flexibility index (Phi) is 7.01. The first-order chi connectivity index (χ1) is 32.3. The summed E-state index contributed by atoms with van der Waals surface area (Å²) in [4.78, 5) is 2.66. The minimum atomic E-state index is 1.12. The van der Waals surface area contributed by atoms with Crippen molar-refractivity contribution in [1.29, 1.82) is 0 Å². The molecule has 0 aliphatic carbocycles. The molecule has 0 aromatic heterocycles. The lowest BCUT2D eigenvalue weighted by atomic mass is 9.85. The van der Waals surface area contributed by atoms with Crippen molar-refractivity contribution >= 4 is 125 Å². The van der Waals surface area contributed by atoms with Gasteiger partial charge in [-0.2, -0.15) is 0 Å². The van der Waals surface area contributed by atoms with Crippen molar-refractivity contribution in [1.82, 2.24) is 0 Å². The van der Waals surface area contributed by atoms with Gasteiger partial charge < -0.3 is 4.90 Å². The molecule has 16 aromatic carbocycles. The molecule has 0 aliphatic rings. The first kappa shape index (κ1) is 35.0. The Morgan fingerprint density at radius 3 is 1.05 bits per heavy atom. The van der Waals surface area contributed by atoms with Gasteiger partial charge in [-0.15, -0.1) is 0 Å². The third-order valence-corrected chi connectivity index (χ3v) is 14.6. The van der Waals surface area contributed by atoms with Gasteiger partial charge in [0.05, 0.1) is 11.4 Å². The molecule has 0 heterocycles. The molecule has 1 heteroatoms. The summed E-state index contributed by atoms with van der Waals surface area (Å²) in [5.74, 6) is 0. The SMILES string of the molecule is c1ccc(-c2cc3ccc4cccc5ccc(c2N(c2ccc6c(c2)c2c7ccccc7c6c6ccccc62)c2c(-c6ccccc6)cc6ccc7cccc8ccc2c6c78)c3c45)cc1. The van der Waals surface area contributed by atoms with E-state index in [1.807, 2.05) is 0 Å². The molecule has 0 saturated carbocycles. The standard InChI is InChI=1S/C64H37N/c1-3-13-38(14-4-1)54-35-44-27-25-40-17-11-19-42-29-32-52(59(44)57(40)42)63(54)65(46-31-34-51-56(37-46)62-49-23-9-7-21-47(49)61(51)48-22-8-10-24-50(48)62)64-53-33-30-43-20-12-18-41-26-28-45(60(53)58(41)43)36-55(64)39-15-5-2-6-16-39/h1-37H. The van der Waals surface area contributed by atoms with E-state index in [9.17, 15) is 0 Å². The largest absolute Gasteiger partial charge is 0.308 e. The Balaban J connectivity index is 1.18. The van der Waals surface area contributed by atoms with Crippen LogP contribution in [0.25, 0.3) is 130 Å². The lowest BCUT2D eigenvalue weighted by Gasteiger charge is -2.34. The molecule has 16 rings (SSSR count). The highest BCUT2D eigenvalue weighted by Gasteiger charge is 2.29. The Morgan fingerprint density at radius 1 is 0.215 bits per heavy atom. The summed E-state index contributed by atoms with van der Waals surface area (Å²) in [5, 5.41) is 25.6. The minimum absolute atomic E-state index is 1.12. The highest BCUT2D eigenvalue weighted by Crippen LogP contribution is 2.55. The highest BCUT2D eigenvalue weighted by atomic mass is 15.2. The van der Waals surface area contributed by atoms with E-state index >= 15 is 0 Å². The van der Waals surface area contributed by atoms with Crippen LogP contribution < -0.4 is 4.90 Å². The predicted molar refractivity (Wildman–Crippen MR) is 281 cm³/mol. The van der Waals surface area contributed by atoms with Crippen molar-refractivity contribution in [3.05, 3.63) is 224 Å². The van der Waals surface area contributed by atoms with Crippen molar-refractivity contribution in [3.8, 4) is 22.3 Å². The van der Waals surface area contributed by atoms with Crippen LogP contribution in [0, 0.1) is 0 Å². The van der Waals surface area contributed by atoms with Crippen molar-refractivity contribution in [3.63, 3.8) is 0 Å². The monoisotopic (exact) mass is 819 g/mol. The van der Waals surface area contributed by atoms with Crippen LogP contribution in [0.2, 0.25) is 0 Å². The van der Waals surface area contributed by atoms with Crippen molar-refractivity contribution < 1.29 is 0 Å². The number of hydrogen-bond donors (Lipinski definition) is 0. The van der Waals surface area contributed by atoms with Gasteiger partial charge in [0, 0.05) is 27.6 Å². The molecule has 16 aromatic rings. The van der Waals surface area contributed by atoms with Crippen LogP contribution in [0.3, 0.4) is 0 Å². The third kappa shape index (κ3) is 4.77. The molecule has 0 radical (unpaired) electrons. The van der Waals surface area contributed by atoms with Gasteiger partial charge in [0.15, 0.2) is 0 Å². The van der Waals surface area contributed by atoms with Gasteiger partial charge in [-0.25, -0.2) is 0 Å². The van der Waals surface area contributed by atoms with Crippen molar-refractivity contribution in [2.24, 2.45) is 0 Å². The second-order valence-electron chi connectivity index (χ2n) is 17.9. The van der Waals surface area contributed by atoms with E-state index in [2.05, 4.69) is 229 Å². The normalized spacial score (nSPS) is 12.3. The van der Waals surface area contributed by atoms with Crippen LogP contribution in [-0.4, -0.2) is 0 Å². The van der Waals surface area contributed by atoms with Crippen LogP contribution in [0.15, 0.2) is 224 Å². The number of nitrogens with zero attached hydrogens (tertiary/aromatic N) is 1. The van der Waals surface area contributed by atoms with E-state index in [0.29, 0.717) is 0 Å². The quantitative estimate of drug-likeness (QED) is 0.123. The van der Waals surface area contributed by atoms with Gasteiger partial charge in [0.1, 0.15) is 0 Å². The maximum atomic E-state index is 2.66. The van der Waals surface area contributed by atoms with Gasteiger partial charge in [0.2, 0.25) is 0 Å². The smallest absolute Gasteiger partial charge is 0.0619 e. The molecule has 0 fully saturated rings. The molecule has 0 saturated heterocycles. The van der Waals surface area contributed by atoms with Gasteiger partial charge >= 0.3 is 0 Å². The summed E-state index contributed by atoms with van der Waals surface area (Å²) in [6, 6.07) is 84.5. The molecule has 0 aliphatic heterocycles.